The van der Waals surface area contributed by atoms with Crippen molar-refractivity contribution in [2.24, 2.45) is 21.0 Å². The van der Waals surface area contributed by atoms with Gasteiger partial charge >= 0.3 is 0 Å². The van der Waals surface area contributed by atoms with E-state index in [4.69, 9.17) is 5.73 Å². The van der Waals surface area contributed by atoms with Crippen LogP contribution < -0.4 is 11.2 Å². The van der Waals surface area contributed by atoms with Crippen molar-refractivity contribution in [3.8, 4) is 0 Å². The van der Waals surface area contributed by atoms with Gasteiger partial charge in [0.2, 0.25) is 0 Å². The fraction of sp³-hybridized carbons (Fsp3) is 0.0833. The molecule has 0 aliphatic carbocycles. The summed E-state index contributed by atoms with van der Waals surface area (Å²) < 4.78 is 2.46. The van der Waals surface area contributed by atoms with Gasteiger partial charge in [0.25, 0.3) is 5.96 Å². The summed E-state index contributed by atoms with van der Waals surface area (Å²) in [7, 11) is 0. The van der Waals surface area contributed by atoms with E-state index in [1.165, 1.54) is 11.0 Å². The number of nitrogens with zero attached hydrogens (tertiary/aromatic N) is 6. The van der Waals surface area contributed by atoms with Gasteiger partial charge in [0.15, 0.2) is 0 Å². The zero-order valence-electron chi connectivity index (χ0n) is 10.8. The van der Waals surface area contributed by atoms with Gasteiger partial charge in [-0.2, -0.15) is 14.9 Å². The second-order valence-electron chi connectivity index (χ2n) is 4.17. The van der Waals surface area contributed by atoms with Gasteiger partial charge in [-0.25, -0.2) is 10.4 Å². The summed E-state index contributed by atoms with van der Waals surface area (Å²) in [5.41, 5.74) is 9.43. The lowest BCUT2D eigenvalue weighted by Crippen LogP contribution is -2.28. The smallest absolute Gasteiger partial charge is 0.266 e. The molecule has 8 nitrogen and oxygen atoms in total. The fourth-order valence-corrected chi connectivity index (χ4v) is 2.11. The van der Waals surface area contributed by atoms with Gasteiger partial charge in [-0.15, -0.1) is 10.2 Å². The summed E-state index contributed by atoms with van der Waals surface area (Å²) >= 11 is 3.45. The van der Waals surface area contributed by atoms with Crippen LogP contribution in [0, 0.1) is 0 Å². The largest absolute Gasteiger partial charge is 0.385 e. The van der Waals surface area contributed by atoms with E-state index in [0.717, 1.165) is 10.0 Å². The monoisotopic (exact) mass is 346 g/mol. The summed E-state index contributed by atoms with van der Waals surface area (Å²) in [6.07, 6.45) is 3.49. The number of aromatic nitrogens is 3. The Balaban J connectivity index is 1.81. The van der Waals surface area contributed by atoms with Crippen LogP contribution in [0.5, 0.6) is 0 Å². The van der Waals surface area contributed by atoms with Crippen molar-refractivity contribution >= 4 is 33.9 Å². The van der Waals surface area contributed by atoms with Crippen LogP contribution in [0.3, 0.4) is 0 Å². The Morgan fingerprint density at radius 1 is 1.33 bits per heavy atom. The number of halogens is 1. The van der Waals surface area contributed by atoms with Crippen molar-refractivity contribution in [1.82, 2.24) is 20.2 Å². The normalized spacial score (nSPS) is 14.3. The van der Waals surface area contributed by atoms with Gasteiger partial charge in [-0.05, 0) is 6.07 Å². The van der Waals surface area contributed by atoms with Crippen LogP contribution in [-0.4, -0.2) is 32.8 Å². The van der Waals surface area contributed by atoms with Gasteiger partial charge < -0.3 is 5.73 Å². The molecule has 0 saturated carbocycles. The minimum atomic E-state index is 0.339. The predicted octanol–water partition coefficient (Wildman–Crippen LogP) is 0.697. The van der Waals surface area contributed by atoms with Crippen LogP contribution in [0.4, 0.5) is 0 Å². The maximum Gasteiger partial charge on any atom is 0.266 e. The van der Waals surface area contributed by atoms with Gasteiger partial charge in [-0.3, -0.25) is 0 Å². The highest BCUT2D eigenvalue weighted by Crippen LogP contribution is 2.13. The van der Waals surface area contributed by atoms with E-state index in [-0.39, 0.29) is 0 Å². The molecule has 2 heterocycles. The molecule has 0 spiro atoms. The van der Waals surface area contributed by atoms with Crippen molar-refractivity contribution in [3.05, 3.63) is 46.5 Å². The molecule has 0 bridgehead atoms. The van der Waals surface area contributed by atoms with Crippen molar-refractivity contribution in [1.29, 1.82) is 0 Å². The second kappa shape index (κ2) is 5.83. The Hall–Kier alpha value is -2.55. The predicted molar refractivity (Wildman–Crippen MR) is 83.1 cm³/mol. The molecular formula is C12H11BrN8. The summed E-state index contributed by atoms with van der Waals surface area (Å²) in [6, 6.07) is 7.73. The summed E-state index contributed by atoms with van der Waals surface area (Å²) in [4.78, 5) is 4.11. The minimum absolute atomic E-state index is 0.339. The summed E-state index contributed by atoms with van der Waals surface area (Å²) in [5, 5.41) is 16.1. The lowest BCUT2D eigenvalue weighted by atomic mass is 10.2. The first-order valence-electron chi connectivity index (χ1n) is 6.07. The first-order valence-corrected chi connectivity index (χ1v) is 6.86. The molecule has 1 aliphatic rings. The third kappa shape index (κ3) is 2.97. The highest BCUT2D eigenvalue weighted by molar-refractivity contribution is 9.10. The van der Waals surface area contributed by atoms with Crippen LogP contribution >= 0.6 is 15.9 Å². The molecule has 1 aromatic heterocycles. The van der Waals surface area contributed by atoms with Crippen molar-refractivity contribution in [3.63, 3.8) is 0 Å². The van der Waals surface area contributed by atoms with E-state index < -0.39 is 0 Å². The number of fused-ring (bicyclic) bond motifs is 1. The zero-order valence-corrected chi connectivity index (χ0v) is 12.4. The Labute approximate surface area is 128 Å². The van der Waals surface area contributed by atoms with Gasteiger partial charge in [0, 0.05) is 10.0 Å². The van der Waals surface area contributed by atoms with E-state index in [9.17, 15) is 0 Å². The third-order valence-electron chi connectivity index (χ3n) is 2.70. The molecular weight excluding hydrogens is 336 g/mol. The zero-order chi connectivity index (χ0) is 14.7. The molecule has 106 valence electrons. The Kier molecular flexibility index (Phi) is 3.73. The Morgan fingerprint density at radius 2 is 2.19 bits per heavy atom. The van der Waals surface area contributed by atoms with E-state index in [1.807, 2.05) is 24.3 Å². The second-order valence-corrected chi connectivity index (χ2v) is 5.03. The van der Waals surface area contributed by atoms with E-state index in [1.54, 1.807) is 6.21 Å². The SMILES string of the molecule is NC1=NN=C(NN=Cc2ccccc2Br)n2ncnc2C1. The maximum atomic E-state index is 5.70. The topological polar surface area (TPSA) is 106 Å². The van der Waals surface area contributed by atoms with Gasteiger partial charge in [0.05, 0.1) is 12.6 Å². The lowest BCUT2D eigenvalue weighted by molar-refractivity contribution is 0.814. The number of hydrogen-bond donors (Lipinski definition) is 2. The molecule has 0 atom stereocenters. The quantitative estimate of drug-likeness (QED) is 0.616. The van der Waals surface area contributed by atoms with Gasteiger partial charge in [-0.1, -0.05) is 34.1 Å². The maximum absolute atomic E-state index is 5.70. The molecule has 2 aromatic rings. The van der Waals surface area contributed by atoms with E-state index in [2.05, 4.69) is 46.7 Å². The molecule has 0 saturated heterocycles. The number of amidine groups is 1. The number of nitrogens with one attached hydrogen (secondary N) is 1. The minimum Gasteiger partial charge on any atom is -0.385 e. The van der Waals surface area contributed by atoms with E-state index in [0.29, 0.717) is 24.0 Å². The van der Waals surface area contributed by atoms with Crippen LogP contribution in [-0.2, 0) is 6.42 Å². The highest BCUT2D eigenvalue weighted by Gasteiger charge is 2.14. The van der Waals surface area contributed by atoms with Crippen molar-refractivity contribution in [2.45, 2.75) is 6.42 Å². The number of hydrazone groups is 1. The van der Waals surface area contributed by atoms with Crippen molar-refractivity contribution < 1.29 is 0 Å². The van der Waals surface area contributed by atoms with E-state index >= 15 is 0 Å². The molecule has 0 unspecified atom stereocenters. The molecule has 3 rings (SSSR count). The van der Waals surface area contributed by atoms with Crippen LogP contribution in [0.25, 0.3) is 0 Å². The number of nitrogens with two attached hydrogens (primary N) is 1. The van der Waals surface area contributed by atoms with Crippen LogP contribution in [0.2, 0.25) is 0 Å². The Morgan fingerprint density at radius 3 is 3.05 bits per heavy atom. The Bertz CT molecular complexity index is 745. The van der Waals surface area contributed by atoms with Gasteiger partial charge in [0.1, 0.15) is 18.0 Å². The first kappa shape index (κ1) is 13.4. The molecule has 0 radical (unpaired) electrons. The molecule has 0 fully saturated rings. The number of rotatable bonds is 2. The molecule has 9 heteroatoms. The number of hydrogen-bond acceptors (Lipinski definition) is 7. The lowest BCUT2D eigenvalue weighted by Gasteiger charge is -2.04. The molecule has 0 amide bonds. The van der Waals surface area contributed by atoms with Crippen LogP contribution in [0.1, 0.15) is 11.4 Å². The standard InChI is InChI=1S/C12H11BrN8/c13-9-4-2-1-3-8(9)6-16-19-12-20-18-10(14)5-11-15-7-17-21(11)12/h1-4,6-7H,5H2,(H2,14,18)(H,19,20). The third-order valence-corrected chi connectivity index (χ3v) is 3.43. The van der Waals surface area contributed by atoms with Crippen LogP contribution in [0.15, 0.2) is 50.4 Å². The summed E-state index contributed by atoms with van der Waals surface area (Å²) in [6.45, 7) is 0. The average molecular weight is 347 g/mol. The number of benzene rings is 1. The fourth-order valence-electron chi connectivity index (χ4n) is 1.72. The molecule has 21 heavy (non-hydrogen) atoms. The molecule has 1 aliphatic heterocycles. The average Bonchev–Trinajstić information content (AvgIpc) is 2.87. The highest BCUT2D eigenvalue weighted by atomic mass is 79.9. The molecule has 3 N–H and O–H groups in total. The summed E-state index contributed by atoms with van der Waals surface area (Å²) in [5.74, 6) is 1.36. The molecule has 1 aromatic carbocycles. The first-order chi connectivity index (χ1) is 10.2. The van der Waals surface area contributed by atoms with Crippen molar-refractivity contribution in [2.75, 3.05) is 0 Å².